The minimum atomic E-state index is -7.44. The number of ether oxygens (including phenoxy) is 2. The lowest BCUT2D eigenvalue weighted by Crippen LogP contribution is -2.63. The highest BCUT2D eigenvalue weighted by molar-refractivity contribution is 7.87. The van der Waals surface area contributed by atoms with Gasteiger partial charge in [-0.15, -0.1) is 0 Å². The third-order valence-corrected chi connectivity index (χ3v) is 6.88. The van der Waals surface area contributed by atoms with Crippen molar-refractivity contribution in [2.24, 2.45) is 10.3 Å². The number of halogens is 9. The monoisotopic (exact) mass is 702 g/mol. The van der Waals surface area contributed by atoms with Gasteiger partial charge in [0.25, 0.3) is 0 Å². The predicted octanol–water partition coefficient (Wildman–Crippen LogP) is 5.73. The van der Waals surface area contributed by atoms with Gasteiger partial charge in [-0.25, -0.2) is 0 Å². The Morgan fingerprint density at radius 2 is 1.02 bits per heavy atom. The maximum atomic E-state index is 13.7. The molecule has 0 atom stereocenters. The van der Waals surface area contributed by atoms with Crippen LogP contribution in [0.4, 0.5) is 39.5 Å². The van der Waals surface area contributed by atoms with Crippen LogP contribution in [0.2, 0.25) is 0 Å². The summed E-state index contributed by atoms with van der Waals surface area (Å²) < 4.78 is 181. The molecule has 0 bridgehead atoms. The molecule has 0 N–H and O–H groups in total. The molecule has 0 radical (unpaired) electrons. The van der Waals surface area contributed by atoms with E-state index in [9.17, 15) is 56.3 Å². The first kappa shape index (κ1) is 37.4. The van der Waals surface area contributed by atoms with E-state index < -0.39 is 49.2 Å². The molecule has 21 heteroatoms. The van der Waals surface area contributed by atoms with Crippen molar-refractivity contribution >= 4 is 31.7 Å². The molecule has 0 aliphatic heterocycles. The molecule has 0 fully saturated rings. The zero-order valence-corrected chi connectivity index (χ0v) is 24.8. The summed E-state index contributed by atoms with van der Waals surface area (Å²) in [6, 6.07) is 11.4. The highest BCUT2D eigenvalue weighted by atomic mass is 32.2. The van der Waals surface area contributed by atoms with E-state index in [4.69, 9.17) is 9.47 Å². The van der Waals surface area contributed by atoms with Crippen molar-refractivity contribution in [1.82, 2.24) is 0 Å². The van der Waals surface area contributed by atoms with E-state index in [1.165, 1.54) is 24.3 Å². The molecule has 2 rings (SSSR count). The van der Waals surface area contributed by atoms with Crippen LogP contribution < -0.4 is 9.47 Å². The maximum Gasteiger partial charge on any atom is 0.460 e. The SMILES string of the molecule is C/C(=N\OS(C)(=O)=O)c1ccc(OCCCOc2ccc(/C(C)=N/OS(=O)(=O)C(F)(F)C(F)(F)C(F)(F)C(F)(F)F)cc2)cc1. The smallest absolute Gasteiger partial charge is 0.460 e. The molecular formula is C24H23F9N2O8S2. The van der Waals surface area contributed by atoms with E-state index in [0.29, 0.717) is 23.4 Å². The first-order valence-corrected chi connectivity index (χ1v) is 15.2. The Morgan fingerprint density at radius 3 is 1.38 bits per heavy atom. The number of nitrogens with zero attached hydrogens (tertiary/aromatic N) is 2. The number of oxime groups is 2. The summed E-state index contributed by atoms with van der Waals surface area (Å²) in [6.07, 6.45) is -5.99. The first-order valence-electron chi connectivity index (χ1n) is 12.0. The van der Waals surface area contributed by atoms with Gasteiger partial charge in [0, 0.05) is 6.42 Å². The zero-order valence-electron chi connectivity index (χ0n) is 23.1. The average Bonchev–Trinajstić information content (AvgIpc) is 2.94. The van der Waals surface area contributed by atoms with Gasteiger partial charge in [0.1, 0.15) is 11.5 Å². The van der Waals surface area contributed by atoms with Crippen LogP contribution in [0.15, 0.2) is 58.8 Å². The van der Waals surface area contributed by atoms with Gasteiger partial charge in [-0.1, -0.05) is 10.3 Å². The first-order chi connectivity index (χ1) is 20.4. The minimum absolute atomic E-state index is 0.0526. The lowest BCUT2D eigenvalue weighted by atomic mass is 10.1. The highest BCUT2D eigenvalue weighted by Gasteiger charge is 2.86. The van der Waals surface area contributed by atoms with E-state index >= 15 is 0 Å². The van der Waals surface area contributed by atoms with Crippen LogP contribution >= 0.6 is 0 Å². The Kier molecular flexibility index (Phi) is 11.4. The predicted molar refractivity (Wildman–Crippen MR) is 140 cm³/mol. The van der Waals surface area contributed by atoms with Gasteiger partial charge in [-0.3, -0.25) is 8.57 Å². The van der Waals surface area contributed by atoms with E-state index in [0.717, 1.165) is 13.2 Å². The molecule has 0 spiro atoms. The van der Waals surface area contributed by atoms with E-state index in [2.05, 4.69) is 18.9 Å². The second kappa shape index (κ2) is 13.7. The fraction of sp³-hybridized carbons (Fsp3) is 0.417. The van der Waals surface area contributed by atoms with Crippen molar-refractivity contribution in [2.45, 2.75) is 43.5 Å². The molecule has 0 saturated heterocycles. The van der Waals surface area contributed by atoms with Gasteiger partial charge < -0.3 is 9.47 Å². The van der Waals surface area contributed by atoms with Crippen molar-refractivity contribution in [1.29, 1.82) is 0 Å². The molecule has 0 unspecified atom stereocenters. The van der Waals surface area contributed by atoms with Crippen molar-refractivity contribution in [3.63, 3.8) is 0 Å². The van der Waals surface area contributed by atoms with Crippen LogP contribution in [-0.4, -0.2) is 71.0 Å². The maximum absolute atomic E-state index is 13.7. The molecule has 2 aromatic carbocycles. The third kappa shape index (κ3) is 9.14. The van der Waals surface area contributed by atoms with Gasteiger partial charge in [0.2, 0.25) is 0 Å². The largest absolute Gasteiger partial charge is 0.493 e. The Morgan fingerprint density at radius 1 is 0.644 bits per heavy atom. The molecule has 0 aliphatic carbocycles. The third-order valence-electron chi connectivity index (χ3n) is 5.38. The Labute approximate surface area is 250 Å². The Hall–Kier alpha value is -3.75. The number of benzene rings is 2. The zero-order chi connectivity index (χ0) is 34.5. The molecule has 0 heterocycles. The summed E-state index contributed by atoms with van der Waals surface area (Å²) in [7, 11) is -10.9. The summed E-state index contributed by atoms with van der Waals surface area (Å²) in [5, 5.41) is -0.862. The molecule has 0 amide bonds. The molecule has 45 heavy (non-hydrogen) atoms. The second-order valence-electron chi connectivity index (χ2n) is 8.92. The van der Waals surface area contributed by atoms with Crippen LogP contribution in [-0.2, 0) is 28.8 Å². The van der Waals surface area contributed by atoms with Crippen LogP contribution in [0.5, 0.6) is 11.5 Å². The van der Waals surface area contributed by atoms with Crippen molar-refractivity contribution in [3.8, 4) is 11.5 Å². The normalized spacial score (nSPS) is 14.2. The standard InChI is InChI=1S/C24H23F9N2O8S2/c1-15(34-42-44(3,36)37)17-5-9-19(10-6-17)40-13-4-14-41-20-11-7-18(8-12-20)16(2)35-43-45(38,39)24(32,33)22(27,28)21(25,26)23(29,30)31/h5-12H,4,13-14H2,1-3H3/b34-15+,35-16+. The molecule has 2 aromatic rings. The lowest BCUT2D eigenvalue weighted by molar-refractivity contribution is -0.382. The molecule has 252 valence electrons. The topological polar surface area (TPSA) is 130 Å². The van der Waals surface area contributed by atoms with Crippen LogP contribution in [0, 0.1) is 0 Å². The summed E-state index contributed by atoms with van der Waals surface area (Å²) in [4.78, 5) is 0. The summed E-state index contributed by atoms with van der Waals surface area (Å²) in [6.45, 7) is 2.82. The van der Waals surface area contributed by atoms with Crippen molar-refractivity contribution in [3.05, 3.63) is 59.7 Å². The number of alkyl halides is 9. The number of hydrogen-bond acceptors (Lipinski definition) is 10. The fourth-order valence-electron chi connectivity index (χ4n) is 2.92. The van der Waals surface area contributed by atoms with E-state index in [1.807, 2.05) is 0 Å². The molecular weight excluding hydrogens is 679 g/mol. The fourth-order valence-corrected chi connectivity index (χ4v) is 3.92. The average molecular weight is 703 g/mol. The molecule has 10 nitrogen and oxygen atoms in total. The summed E-state index contributed by atoms with van der Waals surface area (Å²) in [5.41, 5.74) is 0.277. The minimum Gasteiger partial charge on any atom is -0.493 e. The van der Waals surface area contributed by atoms with Crippen molar-refractivity contribution < 1.29 is 74.4 Å². The van der Waals surface area contributed by atoms with Gasteiger partial charge in [-0.05, 0) is 73.5 Å². The van der Waals surface area contributed by atoms with Gasteiger partial charge in [0.05, 0.1) is 30.9 Å². The van der Waals surface area contributed by atoms with Gasteiger partial charge in [0.15, 0.2) is 0 Å². The van der Waals surface area contributed by atoms with Gasteiger partial charge >= 0.3 is 43.5 Å². The van der Waals surface area contributed by atoms with Gasteiger partial charge in [-0.2, -0.15) is 56.3 Å². The highest BCUT2D eigenvalue weighted by Crippen LogP contribution is 2.55. The van der Waals surface area contributed by atoms with Crippen molar-refractivity contribution in [2.75, 3.05) is 19.5 Å². The van der Waals surface area contributed by atoms with Crippen LogP contribution in [0.25, 0.3) is 0 Å². The van der Waals surface area contributed by atoms with Crippen LogP contribution in [0.1, 0.15) is 31.4 Å². The number of hydrogen-bond donors (Lipinski definition) is 0. The lowest BCUT2D eigenvalue weighted by Gasteiger charge is -2.31. The quantitative estimate of drug-likeness (QED) is 0.0996. The van der Waals surface area contributed by atoms with E-state index in [-0.39, 0.29) is 24.5 Å². The summed E-state index contributed by atoms with van der Waals surface area (Å²) in [5.74, 6) is -14.1. The Balaban J connectivity index is 1.91. The number of rotatable bonds is 15. The molecule has 0 aromatic heterocycles. The van der Waals surface area contributed by atoms with Crippen LogP contribution in [0.3, 0.4) is 0 Å². The second-order valence-corrected chi connectivity index (χ2v) is 12.1. The Bertz CT molecular complexity index is 1590. The molecule has 0 aliphatic rings. The molecule has 0 saturated carbocycles. The summed E-state index contributed by atoms with van der Waals surface area (Å²) >= 11 is 0. The van der Waals surface area contributed by atoms with E-state index in [1.54, 1.807) is 31.2 Å².